The average molecular weight is 337 g/mol. The van der Waals surface area contributed by atoms with Crippen LogP contribution in [0, 0.1) is 0 Å². The number of methoxy groups -OCH3 is 1. The van der Waals surface area contributed by atoms with E-state index in [0.717, 1.165) is 16.9 Å². The average Bonchev–Trinajstić information content (AvgIpc) is 3.17. The van der Waals surface area contributed by atoms with Gasteiger partial charge < -0.3 is 14.2 Å². The highest BCUT2D eigenvalue weighted by atomic mass is 16.5. The van der Waals surface area contributed by atoms with Crippen molar-refractivity contribution in [1.29, 1.82) is 0 Å². The van der Waals surface area contributed by atoms with Crippen LogP contribution in [0.4, 0.5) is 0 Å². The van der Waals surface area contributed by atoms with Gasteiger partial charge in [0.05, 0.1) is 13.2 Å². The number of aromatic nitrogens is 2. The Balaban J connectivity index is 1.82. The molecular weight excluding hydrogens is 318 g/mol. The number of amides is 1. The van der Waals surface area contributed by atoms with Crippen LogP contribution in [0.1, 0.15) is 29.0 Å². The minimum absolute atomic E-state index is 0.179. The van der Waals surface area contributed by atoms with E-state index in [1.165, 1.54) is 0 Å². The molecule has 1 amide bonds. The monoisotopic (exact) mass is 337 g/mol. The second-order valence-corrected chi connectivity index (χ2v) is 5.65. The van der Waals surface area contributed by atoms with Crippen molar-refractivity contribution >= 4 is 5.91 Å². The number of carbonyl (C=O) groups excluding carboxylic acids is 1. The molecule has 6 heteroatoms. The first kappa shape index (κ1) is 16.7. The Kier molecular flexibility index (Phi) is 4.79. The number of benzene rings is 1. The Labute approximate surface area is 146 Å². The standard InChI is InChI=1S/C19H19N3O3/c1-13(15-8-4-5-9-17(15)24-3)22(2)19(23)16-11-18(25-21-16)14-7-6-10-20-12-14/h4-13H,1-3H3/t13-/m0/s1. The van der Waals surface area contributed by atoms with Gasteiger partial charge in [0.1, 0.15) is 5.75 Å². The molecule has 128 valence electrons. The molecule has 0 bridgehead atoms. The molecule has 0 N–H and O–H groups in total. The first-order valence-corrected chi connectivity index (χ1v) is 7.89. The molecule has 0 spiro atoms. The van der Waals surface area contributed by atoms with Crippen LogP contribution in [0.5, 0.6) is 5.75 Å². The molecule has 0 aliphatic carbocycles. The zero-order valence-corrected chi connectivity index (χ0v) is 14.3. The van der Waals surface area contributed by atoms with Gasteiger partial charge in [0, 0.05) is 36.6 Å². The third-order valence-electron chi connectivity index (χ3n) is 4.17. The van der Waals surface area contributed by atoms with Gasteiger partial charge >= 0.3 is 0 Å². The molecule has 0 aliphatic heterocycles. The number of ether oxygens (including phenoxy) is 1. The molecule has 25 heavy (non-hydrogen) atoms. The summed E-state index contributed by atoms with van der Waals surface area (Å²) >= 11 is 0. The maximum absolute atomic E-state index is 12.8. The molecule has 3 aromatic rings. The van der Waals surface area contributed by atoms with Gasteiger partial charge in [0.15, 0.2) is 11.5 Å². The van der Waals surface area contributed by atoms with Gasteiger partial charge in [-0.15, -0.1) is 0 Å². The van der Waals surface area contributed by atoms with Crippen molar-refractivity contribution in [3.05, 3.63) is 66.1 Å². The van der Waals surface area contributed by atoms with Gasteiger partial charge in [-0.05, 0) is 25.1 Å². The van der Waals surface area contributed by atoms with Crippen molar-refractivity contribution in [3.8, 4) is 17.1 Å². The van der Waals surface area contributed by atoms with Gasteiger partial charge in [-0.3, -0.25) is 9.78 Å². The van der Waals surface area contributed by atoms with E-state index in [9.17, 15) is 4.79 Å². The normalized spacial score (nSPS) is 11.8. The van der Waals surface area contributed by atoms with E-state index in [1.54, 1.807) is 43.6 Å². The van der Waals surface area contributed by atoms with E-state index >= 15 is 0 Å². The lowest BCUT2D eigenvalue weighted by atomic mass is 10.1. The van der Waals surface area contributed by atoms with Crippen LogP contribution in [-0.4, -0.2) is 35.1 Å². The number of hydrogen-bond donors (Lipinski definition) is 0. The van der Waals surface area contributed by atoms with Crippen molar-refractivity contribution in [1.82, 2.24) is 15.0 Å². The fourth-order valence-corrected chi connectivity index (χ4v) is 2.60. The molecule has 0 fully saturated rings. The van der Waals surface area contributed by atoms with Crippen LogP contribution in [-0.2, 0) is 0 Å². The highest BCUT2D eigenvalue weighted by Gasteiger charge is 2.24. The van der Waals surface area contributed by atoms with Crippen LogP contribution in [0.25, 0.3) is 11.3 Å². The Morgan fingerprint density at radius 3 is 2.76 bits per heavy atom. The minimum Gasteiger partial charge on any atom is -0.496 e. The zero-order chi connectivity index (χ0) is 17.8. The summed E-state index contributed by atoms with van der Waals surface area (Å²) in [5, 5.41) is 3.91. The number of para-hydroxylation sites is 1. The number of hydrogen-bond acceptors (Lipinski definition) is 5. The Morgan fingerprint density at radius 2 is 2.04 bits per heavy atom. The molecule has 6 nitrogen and oxygen atoms in total. The third-order valence-corrected chi connectivity index (χ3v) is 4.17. The summed E-state index contributed by atoms with van der Waals surface area (Å²) in [5.74, 6) is 1.03. The van der Waals surface area contributed by atoms with E-state index in [0.29, 0.717) is 5.76 Å². The molecule has 0 saturated heterocycles. The Hall–Kier alpha value is -3.15. The maximum Gasteiger partial charge on any atom is 0.276 e. The molecule has 0 saturated carbocycles. The van der Waals surface area contributed by atoms with Crippen molar-refractivity contribution < 1.29 is 14.1 Å². The van der Waals surface area contributed by atoms with Crippen molar-refractivity contribution in [2.24, 2.45) is 0 Å². The van der Waals surface area contributed by atoms with Crippen LogP contribution < -0.4 is 4.74 Å². The molecule has 3 rings (SSSR count). The van der Waals surface area contributed by atoms with Gasteiger partial charge in [-0.1, -0.05) is 23.4 Å². The third kappa shape index (κ3) is 3.38. The fraction of sp³-hybridized carbons (Fsp3) is 0.211. The first-order valence-electron chi connectivity index (χ1n) is 7.89. The van der Waals surface area contributed by atoms with Gasteiger partial charge in [-0.2, -0.15) is 0 Å². The zero-order valence-electron chi connectivity index (χ0n) is 14.3. The smallest absolute Gasteiger partial charge is 0.276 e. The van der Waals surface area contributed by atoms with Crippen molar-refractivity contribution in [2.45, 2.75) is 13.0 Å². The molecular formula is C19H19N3O3. The second kappa shape index (κ2) is 7.17. The topological polar surface area (TPSA) is 68.5 Å². The van der Waals surface area contributed by atoms with Gasteiger partial charge in [0.25, 0.3) is 5.91 Å². The van der Waals surface area contributed by atoms with E-state index in [2.05, 4.69) is 10.1 Å². The van der Waals surface area contributed by atoms with Gasteiger partial charge in [-0.25, -0.2) is 0 Å². The molecule has 0 radical (unpaired) electrons. The Bertz CT molecular complexity index is 861. The molecule has 1 aromatic carbocycles. The summed E-state index contributed by atoms with van der Waals surface area (Å²) < 4.78 is 10.7. The number of carbonyl (C=O) groups is 1. The summed E-state index contributed by atoms with van der Waals surface area (Å²) in [7, 11) is 3.35. The van der Waals surface area contributed by atoms with Crippen LogP contribution >= 0.6 is 0 Å². The highest BCUT2D eigenvalue weighted by molar-refractivity contribution is 5.93. The van der Waals surface area contributed by atoms with Crippen LogP contribution in [0.3, 0.4) is 0 Å². The largest absolute Gasteiger partial charge is 0.496 e. The quantitative estimate of drug-likeness (QED) is 0.712. The van der Waals surface area contributed by atoms with E-state index < -0.39 is 0 Å². The summed E-state index contributed by atoms with van der Waals surface area (Å²) in [6.07, 6.45) is 3.34. The highest BCUT2D eigenvalue weighted by Crippen LogP contribution is 2.29. The van der Waals surface area contributed by atoms with Crippen molar-refractivity contribution in [3.63, 3.8) is 0 Å². The number of rotatable bonds is 5. The Morgan fingerprint density at radius 1 is 1.24 bits per heavy atom. The van der Waals surface area contributed by atoms with Crippen LogP contribution in [0.15, 0.2) is 59.4 Å². The lowest BCUT2D eigenvalue weighted by Gasteiger charge is -2.25. The fourth-order valence-electron chi connectivity index (χ4n) is 2.60. The van der Waals surface area contributed by atoms with E-state index in [1.807, 2.05) is 37.3 Å². The second-order valence-electron chi connectivity index (χ2n) is 5.65. The van der Waals surface area contributed by atoms with Gasteiger partial charge in [0.2, 0.25) is 0 Å². The molecule has 1 atom stereocenters. The summed E-state index contributed by atoms with van der Waals surface area (Å²) in [5.41, 5.74) is 1.95. The molecule has 2 heterocycles. The SMILES string of the molecule is COc1ccccc1[C@H](C)N(C)C(=O)c1cc(-c2cccnc2)on1. The summed E-state index contributed by atoms with van der Waals surface area (Å²) in [6, 6.07) is 12.7. The summed E-state index contributed by atoms with van der Waals surface area (Å²) in [4.78, 5) is 18.4. The predicted octanol–water partition coefficient (Wildman–Crippen LogP) is 3.58. The first-order chi connectivity index (χ1) is 12.1. The number of pyridine rings is 1. The van der Waals surface area contributed by atoms with E-state index in [4.69, 9.17) is 9.26 Å². The predicted molar refractivity (Wildman–Crippen MR) is 93.2 cm³/mol. The molecule has 0 aliphatic rings. The van der Waals surface area contributed by atoms with Crippen molar-refractivity contribution in [2.75, 3.05) is 14.2 Å². The molecule has 0 unspecified atom stereocenters. The van der Waals surface area contributed by atoms with Crippen LogP contribution in [0.2, 0.25) is 0 Å². The van der Waals surface area contributed by atoms with E-state index in [-0.39, 0.29) is 17.6 Å². The number of nitrogens with zero attached hydrogens (tertiary/aromatic N) is 3. The minimum atomic E-state index is -0.225. The summed E-state index contributed by atoms with van der Waals surface area (Å²) in [6.45, 7) is 1.94. The molecule has 2 aromatic heterocycles. The lowest BCUT2D eigenvalue weighted by molar-refractivity contribution is 0.0730. The lowest BCUT2D eigenvalue weighted by Crippen LogP contribution is -2.30. The maximum atomic E-state index is 12.8.